The summed E-state index contributed by atoms with van der Waals surface area (Å²) < 4.78 is 23.0. The average molecular weight is 213 g/mol. The molecule has 1 aromatic rings. The van der Waals surface area contributed by atoms with Crippen molar-refractivity contribution in [1.29, 1.82) is 0 Å². The Morgan fingerprint density at radius 3 is 2.60 bits per heavy atom. The molecule has 0 spiro atoms. The van der Waals surface area contributed by atoms with Gasteiger partial charge in [0.15, 0.2) is 6.29 Å². The predicted octanol–water partition coefficient (Wildman–Crippen LogP) is 2.16. The number of nitrogens with one attached hydrogen (secondary N) is 1. The van der Waals surface area contributed by atoms with E-state index in [1.165, 1.54) is 12.1 Å². The van der Waals surface area contributed by atoms with Crippen LogP contribution in [0.2, 0.25) is 0 Å². The summed E-state index contributed by atoms with van der Waals surface area (Å²) in [6, 6.07) is 4.62. The van der Waals surface area contributed by atoms with E-state index in [0.29, 0.717) is 6.54 Å². The van der Waals surface area contributed by atoms with Gasteiger partial charge in [-0.15, -0.1) is 0 Å². The van der Waals surface area contributed by atoms with Crippen LogP contribution < -0.4 is 5.32 Å². The lowest BCUT2D eigenvalue weighted by Gasteiger charge is -2.16. The molecule has 15 heavy (non-hydrogen) atoms. The van der Waals surface area contributed by atoms with Crippen molar-refractivity contribution in [2.24, 2.45) is 0 Å². The van der Waals surface area contributed by atoms with Gasteiger partial charge in [-0.3, -0.25) is 0 Å². The molecule has 0 aliphatic carbocycles. The van der Waals surface area contributed by atoms with E-state index in [9.17, 15) is 4.39 Å². The maximum absolute atomic E-state index is 12.9. The molecule has 0 atom stereocenters. The first-order valence-electron chi connectivity index (χ1n) is 4.73. The van der Waals surface area contributed by atoms with Gasteiger partial charge in [-0.2, -0.15) is 0 Å². The van der Waals surface area contributed by atoms with E-state index in [1.807, 2.05) is 6.92 Å². The Morgan fingerprint density at radius 1 is 1.33 bits per heavy atom. The quantitative estimate of drug-likeness (QED) is 0.760. The Hall–Kier alpha value is -1.13. The minimum absolute atomic E-state index is 0.255. The van der Waals surface area contributed by atoms with Crippen LogP contribution in [-0.2, 0) is 9.47 Å². The van der Waals surface area contributed by atoms with E-state index in [2.05, 4.69) is 5.32 Å². The summed E-state index contributed by atoms with van der Waals surface area (Å²) >= 11 is 0. The molecule has 4 heteroatoms. The zero-order valence-corrected chi connectivity index (χ0v) is 9.21. The Bertz CT molecular complexity index is 313. The number of hydrogen-bond acceptors (Lipinski definition) is 3. The van der Waals surface area contributed by atoms with Gasteiger partial charge in [0.25, 0.3) is 0 Å². The molecule has 0 amide bonds. The molecule has 3 nitrogen and oxygen atoms in total. The molecule has 0 heterocycles. The predicted molar refractivity (Wildman–Crippen MR) is 57.4 cm³/mol. The highest BCUT2D eigenvalue weighted by Gasteiger charge is 2.06. The standard InChI is InChI=1S/C11H16FNO2/c1-8-4-5-9(12)6-10(8)13-7-11(14-2)15-3/h4-6,11,13H,7H2,1-3H3. The highest BCUT2D eigenvalue weighted by atomic mass is 19.1. The fourth-order valence-corrected chi connectivity index (χ4v) is 1.24. The van der Waals surface area contributed by atoms with Crippen molar-refractivity contribution in [3.8, 4) is 0 Å². The molecule has 0 saturated carbocycles. The Labute approximate surface area is 89.2 Å². The van der Waals surface area contributed by atoms with Crippen molar-refractivity contribution in [1.82, 2.24) is 0 Å². The molecule has 0 aliphatic rings. The van der Waals surface area contributed by atoms with E-state index in [-0.39, 0.29) is 12.1 Å². The SMILES string of the molecule is COC(CNc1cc(F)ccc1C)OC. The maximum atomic E-state index is 12.9. The second-order valence-electron chi connectivity index (χ2n) is 3.24. The summed E-state index contributed by atoms with van der Waals surface area (Å²) in [7, 11) is 3.13. The van der Waals surface area contributed by atoms with E-state index >= 15 is 0 Å². The number of benzene rings is 1. The Morgan fingerprint density at radius 2 is 2.00 bits per heavy atom. The third-order valence-corrected chi connectivity index (χ3v) is 2.18. The smallest absolute Gasteiger partial charge is 0.173 e. The van der Waals surface area contributed by atoms with Gasteiger partial charge in [-0.05, 0) is 24.6 Å². The fourth-order valence-electron chi connectivity index (χ4n) is 1.24. The van der Waals surface area contributed by atoms with Gasteiger partial charge in [-0.1, -0.05) is 6.07 Å². The van der Waals surface area contributed by atoms with Crippen molar-refractivity contribution >= 4 is 5.69 Å². The lowest BCUT2D eigenvalue weighted by molar-refractivity contribution is -0.0914. The van der Waals surface area contributed by atoms with Crippen LogP contribution in [0.25, 0.3) is 0 Å². The number of anilines is 1. The molecule has 0 saturated heterocycles. The second kappa shape index (κ2) is 5.68. The molecule has 1 N–H and O–H groups in total. The monoisotopic (exact) mass is 213 g/mol. The van der Waals surface area contributed by atoms with Gasteiger partial charge >= 0.3 is 0 Å². The van der Waals surface area contributed by atoms with Gasteiger partial charge in [-0.25, -0.2) is 4.39 Å². The molecule has 0 aromatic heterocycles. The van der Waals surface area contributed by atoms with E-state index in [1.54, 1.807) is 20.3 Å². The van der Waals surface area contributed by atoms with E-state index < -0.39 is 0 Å². The summed E-state index contributed by atoms with van der Waals surface area (Å²) in [5.41, 5.74) is 1.75. The van der Waals surface area contributed by atoms with Gasteiger partial charge in [0.2, 0.25) is 0 Å². The van der Waals surface area contributed by atoms with Crippen LogP contribution >= 0.6 is 0 Å². The molecule has 1 aromatic carbocycles. The van der Waals surface area contributed by atoms with Gasteiger partial charge in [0, 0.05) is 19.9 Å². The van der Waals surface area contributed by atoms with Crippen LogP contribution in [0.1, 0.15) is 5.56 Å². The second-order valence-corrected chi connectivity index (χ2v) is 3.24. The number of hydrogen-bond donors (Lipinski definition) is 1. The summed E-state index contributed by atoms with van der Waals surface area (Å²) in [5.74, 6) is -0.255. The van der Waals surface area contributed by atoms with Gasteiger partial charge < -0.3 is 14.8 Å². The van der Waals surface area contributed by atoms with Crippen LogP contribution in [0.5, 0.6) is 0 Å². The maximum Gasteiger partial charge on any atom is 0.173 e. The Kier molecular flexibility index (Phi) is 4.52. The third-order valence-electron chi connectivity index (χ3n) is 2.18. The van der Waals surface area contributed by atoms with Gasteiger partial charge in [0.1, 0.15) is 5.82 Å². The van der Waals surface area contributed by atoms with E-state index in [4.69, 9.17) is 9.47 Å². The zero-order valence-electron chi connectivity index (χ0n) is 9.21. The van der Waals surface area contributed by atoms with Crippen LogP contribution in [0.3, 0.4) is 0 Å². The lowest BCUT2D eigenvalue weighted by atomic mass is 10.2. The topological polar surface area (TPSA) is 30.5 Å². The summed E-state index contributed by atoms with van der Waals surface area (Å²) in [4.78, 5) is 0. The average Bonchev–Trinajstić information content (AvgIpc) is 2.24. The molecule has 0 unspecified atom stereocenters. The number of methoxy groups -OCH3 is 2. The largest absolute Gasteiger partial charge is 0.380 e. The molecule has 0 fully saturated rings. The van der Waals surface area contributed by atoms with Crippen LogP contribution in [-0.4, -0.2) is 27.1 Å². The highest BCUT2D eigenvalue weighted by Crippen LogP contribution is 2.15. The van der Waals surface area contributed by atoms with Crippen molar-refractivity contribution in [2.75, 3.05) is 26.1 Å². The molecule has 84 valence electrons. The van der Waals surface area contributed by atoms with Crippen LogP contribution in [0.15, 0.2) is 18.2 Å². The molecule has 1 rings (SSSR count). The molecule has 0 bridgehead atoms. The third kappa shape index (κ3) is 3.49. The molecular weight excluding hydrogens is 197 g/mol. The molecular formula is C11H16FNO2. The zero-order chi connectivity index (χ0) is 11.3. The van der Waals surface area contributed by atoms with Gasteiger partial charge in [0.05, 0.1) is 6.54 Å². The number of halogens is 1. The minimum atomic E-state index is -0.326. The minimum Gasteiger partial charge on any atom is -0.380 e. The first-order valence-corrected chi connectivity index (χ1v) is 4.73. The normalized spacial score (nSPS) is 10.7. The number of ether oxygens (including phenoxy) is 2. The van der Waals surface area contributed by atoms with Crippen molar-refractivity contribution in [3.05, 3.63) is 29.6 Å². The number of rotatable bonds is 5. The summed E-state index contributed by atoms with van der Waals surface area (Å²) in [5, 5.41) is 3.07. The highest BCUT2D eigenvalue weighted by molar-refractivity contribution is 5.50. The molecule has 0 aliphatic heterocycles. The van der Waals surface area contributed by atoms with Crippen LogP contribution in [0.4, 0.5) is 10.1 Å². The first-order chi connectivity index (χ1) is 7.17. The van der Waals surface area contributed by atoms with Crippen LogP contribution in [0, 0.1) is 12.7 Å². The number of aryl methyl sites for hydroxylation is 1. The van der Waals surface area contributed by atoms with Crippen molar-refractivity contribution in [3.63, 3.8) is 0 Å². The fraction of sp³-hybridized carbons (Fsp3) is 0.455. The van der Waals surface area contributed by atoms with Crippen molar-refractivity contribution in [2.45, 2.75) is 13.2 Å². The Balaban J connectivity index is 2.60. The lowest BCUT2D eigenvalue weighted by Crippen LogP contribution is -2.23. The first kappa shape index (κ1) is 11.9. The molecule has 0 radical (unpaired) electrons. The summed E-state index contributed by atoms with van der Waals surface area (Å²) in [6.45, 7) is 2.40. The van der Waals surface area contributed by atoms with E-state index in [0.717, 1.165) is 11.3 Å². The summed E-state index contributed by atoms with van der Waals surface area (Å²) in [6.07, 6.45) is -0.326. The van der Waals surface area contributed by atoms with Crippen molar-refractivity contribution < 1.29 is 13.9 Å².